The summed E-state index contributed by atoms with van der Waals surface area (Å²) in [4.78, 5) is 45.0. The Bertz CT molecular complexity index is 1260. The van der Waals surface area contributed by atoms with E-state index in [0.717, 1.165) is 0 Å². The predicted octanol–water partition coefficient (Wildman–Crippen LogP) is 4.34. The second-order valence-corrected chi connectivity index (χ2v) is 9.53. The highest BCUT2D eigenvalue weighted by molar-refractivity contribution is 6.30. The van der Waals surface area contributed by atoms with Crippen LogP contribution in [0.15, 0.2) is 47.0 Å². The van der Waals surface area contributed by atoms with Crippen molar-refractivity contribution < 1.29 is 23.5 Å². The minimum Gasteiger partial charge on any atom is -0.449 e. The van der Waals surface area contributed by atoms with Gasteiger partial charge < -0.3 is 24.7 Å². The fraction of sp³-hybridized carbons (Fsp3) is 0.385. The average molecular weight is 511 g/mol. The van der Waals surface area contributed by atoms with E-state index in [1.165, 1.54) is 6.20 Å². The number of hydrogen-bond acceptors (Lipinski definition) is 6. The first-order valence-corrected chi connectivity index (χ1v) is 12.5. The molecule has 1 aliphatic carbocycles. The molecular formula is C26H27ClN4O5. The lowest BCUT2D eigenvalue weighted by Gasteiger charge is -2.33. The van der Waals surface area contributed by atoms with Crippen molar-refractivity contribution in [2.75, 3.05) is 36.9 Å². The standard InChI is InChI=1S/C26H27ClN4O5/c27-18-9-10-21(28-15-18)29-25(33)23-22(19-3-1-2-4-20(19)36-23)30-24(32)16-5-7-17(8-6-16)26(34)31-11-13-35-14-12-31/h1-4,9-10,15-17H,5-8,11-14H2,(H,30,32)(H,28,29,33)/t16-,17-. The van der Waals surface area contributed by atoms with Crippen molar-refractivity contribution in [1.29, 1.82) is 0 Å². The molecule has 2 aromatic heterocycles. The normalized spacial score (nSPS) is 20.2. The fourth-order valence-corrected chi connectivity index (χ4v) is 4.93. The van der Waals surface area contributed by atoms with Gasteiger partial charge in [-0.2, -0.15) is 0 Å². The number of rotatable bonds is 5. The van der Waals surface area contributed by atoms with Gasteiger partial charge in [0, 0.05) is 36.5 Å². The van der Waals surface area contributed by atoms with Crippen LogP contribution in [-0.2, 0) is 14.3 Å². The number of anilines is 2. The van der Waals surface area contributed by atoms with Gasteiger partial charge in [-0.3, -0.25) is 14.4 Å². The number of morpholine rings is 1. The fourth-order valence-electron chi connectivity index (χ4n) is 4.82. The molecule has 0 unspecified atom stereocenters. The van der Waals surface area contributed by atoms with Crippen LogP contribution in [0.3, 0.4) is 0 Å². The predicted molar refractivity (Wildman–Crippen MR) is 135 cm³/mol. The van der Waals surface area contributed by atoms with E-state index in [1.807, 2.05) is 11.0 Å². The van der Waals surface area contributed by atoms with Gasteiger partial charge in [0.1, 0.15) is 17.1 Å². The van der Waals surface area contributed by atoms with Crippen LogP contribution in [0.2, 0.25) is 5.02 Å². The summed E-state index contributed by atoms with van der Waals surface area (Å²) in [6, 6.07) is 10.4. The maximum atomic E-state index is 13.2. The Morgan fingerprint density at radius 3 is 2.39 bits per heavy atom. The third-order valence-corrected chi connectivity index (χ3v) is 7.01. The first-order valence-electron chi connectivity index (χ1n) is 12.1. The number of carbonyl (C=O) groups is 3. The molecule has 3 aromatic rings. The summed E-state index contributed by atoms with van der Waals surface area (Å²) in [6.45, 7) is 2.41. The summed E-state index contributed by atoms with van der Waals surface area (Å²) in [5.41, 5.74) is 0.815. The first-order chi connectivity index (χ1) is 17.5. The van der Waals surface area contributed by atoms with E-state index in [2.05, 4.69) is 15.6 Å². The summed E-state index contributed by atoms with van der Waals surface area (Å²) in [7, 11) is 0. The third-order valence-electron chi connectivity index (χ3n) is 6.79. The number of aromatic nitrogens is 1. The number of para-hydroxylation sites is 1. The second kappa shape index (κ2) is 10.7. The highest BCUT2D eigenvalue weighted by Gasteiger charge is 2.33. The lowest BCUT2D eigenvalue weighted by molar-refractivity contribution is -0.141. The Morgan fingerprint density at radius 2 is 1.67 bits per heavy atom. The highest BCUT2D eigenvalue weighted by atomic mass is 35.5. The summed E-state index contributed by atoms with van der Waals surface area (Å²) in [6.07, 6.45) is 3.97. The van der Waals surface area contributed by atoms with Crippen molar-refractivity contribution in [3.8, 4) is 0 Å². The number of halogens is 1. The molecule has 2 fully saturated rings. The summed E-state index contributed by atoms with van der Waals surface area (Å²) >= 11 is 5.87. The molecule has 2 aliphatic rings. The molecule has 9 nitrogen and oxygen atoms in total. The van der Waals surface area contributed by atoms with E-state index in [-0.39, 0.29) is 29.4 Å². The van der Waals surface area contributed by atoms with Gasteiger partial charge in [0.2, 0.25) is 17.6 Å². The van der Waals surface area contributed by atoms with Gasteiger partial charge >= 0.3 is 0 Å². The Balaban J connectivity index is 1.28. The maximum absolute atomic E-state index is 13.2. The van der Waals surface area contributed by atoms with Crippen molar-refractivity contribution in [3.63, 3.8) is 0 Å². The van der Waals surface area contributed by atoms with Gasteiger partial charge in [0.15, 0.2) is 0 Å². The van der Waals surface area contributed by atoms with Crippen molar-refractivity contribution in [2.24, 2.45) is 11.8 Å². The summed E-state index contributed by atoms with van der Waals surface area (Å²) < 4.78 is 11.2. The Hall–Kier alpha value is -3.43. The Labute approximate surface area is 213 Å². The monoisotopic (exact) mass is 510 g/mol. The molecule has 36 heavy (non-hydrogen) atoms. The van der Waals surface area contributed by atoms with E-state index in [4.69, 9.17) is 20.8 Å². The molecule has 1 aliphatic heterocycles. The smallest absolute Gasteiger partial charge is 0.294 e. The van der Waals surface area contributed by atoms with Gasteiger partial charge in [-0.25, -0.2) is 4.98 Å². The van der Waals surface area contributed by atoms with Gasteiger partial charge in [0.05, 0.1) is 18.2 Å². The van der Waals surface area contributed by atoms with Crippen LogP contribution < -0.4 is 10.6 Å². The molecule has 10 heteroatoms. The number of furan rings is 1. The molecule has 1 saturated heterocycles. The highest BCUT2D eigenvalue weighted by Crippen LogP contribution is 2.35. The quantitative estimate of drug-likeness (QED) is 0.528. The Kier molecular flexibility index (Phi) is 7.20. The van der Waals surface area contributed by atoms with E-state index >= 15 is 0 Å². The average Bonchev–Trinajstić information content (AvgIpc) is 3.28. The number of fused-ring (bicyclic) bond motifs is 1. The van der Waals surface area contributed by atoms with Crippen LogP contribution in [0, 0.1) is 11.8 Å². The minimum atomic E-state index is -0.531. The largest absolute Gasteiger partial charge is 0.449 e. The van der Waals surface area contributed by atoms with E-state index < -0.39 is 5.91 Å². The van der Waals surface area contributed by atoms with Gasteiger partial charge in [0.25, 0.3) is 5.91 Å². The lowest BCUT2D eigenvalue weighted by Crippen LogP contribution is -2.44. The molecule has 1 aromatic carbocycles. The van der Waals surface area contributed by atoms with Crippen molar-refractivity contribution in [3.05, 3.63) is 53.4 Å². The van der Waals surface area contributed by atoms with Gasteiger partial charge in [-0.15, -0.1) is 0 Å². The number of hydrogen-bond donors (Lipinski definition) is 2. The van der Waals surface area contributed by atoms with E-state index in [1.54, 1.807) is 30.3 Å². The number of nitrogens with zero attached hydrogens (tertiary/aromatic N) is 2. The molecular weight excluding hydrogens is 484 g/mol. The van der Waals surface area contributed by atoms with E-state index in [9.17, 15) is 14.4 Å². The van der Waals surface area contributed by atoms with Crippen molar-refractivity contribution >= 4 is 51.8 Å². The third kappa shape index (κ3) is 5.22. The van der Waals surface area contributed by atoms with Gasteiger partial charge in [-0.05, 0) is 49.9 Å². The van der Waals surface area contributed by atoms with Crippen LogP contribution in [0.1, 0.15) is 36.2 Å². The van der Waals surface area contributed by atoms with E-state index in [0.29, 0.717) is 79.5 Å². The zero-order valence-electron chi connectivity index (χ0n) is 19.7. The van der Waals surface area contributed by atoms with Crippen molar-refractivity contribution in [2.45, 2.75) is 25.7 Å². The van der Waals surface area contributed by atoms with Crippen LogP contribution in [-0.4, -0.2) is 53.9 Å². The molecule has 188 valence electrons. The first kappa shape index (κ1) is 24.3. The van der Waals surface area contributed by atoms with Gasteiger partial charge in [-0.1, -0.05) is 23.7 Å². The zero-order chi connectivity index (χ0) is 25.1. The van der Waals surface area contributed by atoms with Crippen LogP contribution in [0.25, 0.3) is 11.0 Å². The molecule has 0 atom stereocenters. The molecule has 3 heterocycles. The van der Waals surface area contributed by atoms with Crippen LogP contribution in [0.4, 0.5) is 11.5 Å². The lowest BCUT2D eigenvalue weighted by atomic mass is 9.80. The maximum Gasteiger partial charge on any atom is 0.294 e. The number of carbonyl (C=O) groups excluding carboxylic acids is 3. The van der Waals surface area contributed by atoms with Crippen LogP contribution >= 0.6 is 11.6 Å². The number of benzene rings is 1. The van der Waals surface area contributed by atoms with Crippen LogP contribution in [0.5, 0.6) is 0 Å². The second-order valence-electron chi connectivity index (χ2n) is 9.09. The molecule has 0 radical (unpaired) electrons. The molecule has 0 bridgehead atoms. The molecule has 2 N–H and O–H groups in total. The topological polar surface area (TPSA) is 114 Å². The number of ether oxygens (including phenoxy) is 1. The summed E-state index contributed by atoms with van der Waals surface area (Å²) in [5, 5.41) is 6.71. The number of amides is 3. The molecule has 0 spiro atoms. The number of pyridine rings is 1. The number of nitrogens with one attached hydrogen (secondary N) is 2. The van der Waals surface area contributed by atoms with Crippen molar-refractivity contribution in [1.82, 2.24) is 9.88 Å². The minimum absolute atomic E-state index is 0.00233. The Morgan fingerprint density at radius 1 is 0.944 bits per heavy atom. The molecule has 1 saturated carbocycles. The molecule has 5 rings (SSSR count). The zero-order valence-corrected chi connectivity index (χ0v) is 20.4. The SMILES string of the molecule is O=C(Nc1ccc(Cl)cn1)c1oc2ccccc2c1NC(=O)[C@H]1CC[C@H](C(=O)N2CCOCC2)CC1. The molecule has 3 amide bonds. The summed E-state index contributed by atoms with van der Waals surface area (Å²) in [5.74, 6) is -0.555.